The highest BCUT2D eigenvalue weighted by Crippen LogP contribution is 2.32. The van der Waals surface area contributed by atoms with E-state index in [-0.39, 0.29) is 24.8 Å². The minimum absolute atomic E-state index is 0.0135. The van der Waals surface area contributed by atoms with Gasteiger partial charge in [0.15, 0.2) is 0 Å². The normalized spacial score (nSPS) is 17.0. The summed E-state index contributed by atoms with van der Waals surface area (Å²) in [4.78, 5) is 38.1. The molecule has 1 saturated heterocycles. The molecule has 2 N–H and O–H groups in total. The first kappa shape index (κ1) is 23.8. The van der Waals surface area contributed by atoms with E-state index in [2.05, 4.69) is 5.32 Å². The molecule has 8 heteroatoms. The smallest absolute Gasteiger partial charge is 0.326 e. The number of nitrogens with one attached hydrogen (secondary N) is 1. The van der Waals surface area contributed by atoms with Crippen LogP contribution in [0.4, 0.5) is 0 Å². The number of nitrogens with zero attached hydrogens (tertiary/aromatic N) is 1. The SMILES string of the molecule is CC(=C\c1ccccc1)/C=C1/SC(=S)N(CCC(=O)N[C@@H](CC(C)C)C(=O)O)C1=O. The summed E-state index contributed by atoms with van der Waals surface area (Å²) in [6.45, 7) is 5.81. The van der Waals surface area contributed by atoms with Crippen LogP contribution < -0.4 is 5.32 Å². The lowest BCUT2D eigenvalue weighted by Gasteiger charge is -2.18. The maximum absolute atomic E-state index is 12.7. The van der Waals surface area contributed by atoms with Crippen molar-refractivity contribution in [2.45, 2.75) is 39.7 Å². The van der Waals surface area contributed by atoms with Crippen LogP contribution >= 0.6 is 24.0 Å². The lowest BCUT2D eigenvalue weighted by Crippen LogP contribution is -2.43. The van der Waals surface area contributed by atoms with Crippen LogP contribution in [0.2, 0.25) is 0 Å². The maximum Gasteiger partial charge on any atom is 0.326 e. The minimum Gasteiger partial charge on any atom is -0.480 e. The largest absolute Gasteiger partial charge is 0.480 e. The van der Waals surface area contributed by atoms with Gasteiger partial charge in [-0.25, -0.2) is 4.79 Å². The Labute approximate surface area is 186 Å². The zero-order valence-corrected chi connectivity index (χ0v) is 18.9. The summed E-state index contributed by atoms with van der Waals surface area (Å²) in [7, 11) is 0. The Morgan fingerprint density at radius 2 is 1.93 bits per heavy atom. The third-order valence-electron chi connectivity index (χ3n) is 4.33. The summed E-state index contributed by atoms with van der Waals surface area (Å²) in [6, 6.07) is 8.85. The van der Waals surface area contributed by atoms with Gasteiger partial charge in [-0.05, 0) is 36.5 Å². The molecule has 0 unspecified atom stereocenters. The second-order valence-corrected chi connectivity index (χ2v) is 9.15. The van der Waals surface area contributed by atoms with E-state index in [0.717, 1.165) is 11.1 Å². The second-order valence-electron chi connectivity index (χ2n) is 7.47. The van der Waals surface area contributed by atoms with Gasteiger partial charge in [-0.1, -0.05) is 74.2 Å². The number of carbonyl (C=O) groups excluding carboxylic acids is 2. The summed E-state index contributed by atoms with van der Waals surface area (Å²) in [5.41, 5.74) is 1.95. The predicted octanol–water partition coefficient (Wildman–Crippen LogP) is 3.84. The number of carboxylic acids is 1. The first-order valence-corrected chi connectivity index (χ1v) is 10.9. The van der Waals surface area contributed by atoms with Gasteiger partial charge >= 0.3 is 5.97 Å². The number of allylic oxidation sites excluding steroid dienone is 2. The van der Waals surface area contributed by atoms with E-state index in [9.17, 15) is 19.5 Å². The van der Waals surface area contributed by atoms with Gasteiger partial charge < -0.3 is 10.4 Å². The number of thioether (sulfide) groups is 1. The third-order valence-corrected chi connectivity index (χ3v) is 5.71. The first-order chi connectivity index (χ1) is 14.2. The third kappa shape index (κ3) is 7.11. The highest BCUT2D eigenvalue weighted by molar-refractivity contribution is 8.26. The number of hydrogen-bond acceptors (Lipinski definition) is 5. The molecular weight excluding hydrogens is 420 g/mol. The van der Waals surface area contributed by atoms with E-state index in [1.807, 2.05) is 57.2 Å². The van der Waals surface area contributed by atoms with Crippen LogP contribution in [0.25, 0.3) is 6.08 Å². The number of thiocarbonyl (C=S) groups is 1. The van der Waals surface area contributed by atoms with Gasteiger partial charge in [-0.15, -0.1) is 0 Å². The molecule has 1 aliphatic heterocycles. The van der Waals surface area contributed by atoms with Gasteiger partial charge in [0.05, 0.1) is 4.91 Å². The van der Waals surface area contributed by atoms with Gasteiger partial charge in [-0.3, -0.25) is 14.5 Å². The van der Waals surface area contributed by atoms with Crippen molar-refractivity contribution in [3.63, 3.8) is 0 Å². The molecule has 1 atom stereocenters. The van der Waals surface area contributed by atoms with Crippen molar-refractivity contribution in [3.8, 4) is 0 Å². The average molecular weight is 447 g/mol. The number of amides is 2. The van der Waals surface area contributed by atoms with Gasteiger partial charge in [-0.2, -0.15) is 0 Å². The lowest BCUT2D eigenvalue weighted by molar-refractivity contribution is -0.142. The van der Waals surface area contributed by atoms with Crippen LogP contribution in [-0.4, -0.2) is 44.7 Å². The zero-order chi connectivity index (χ0) is 22.3. The Kier molecular flexibility index (Phi) is 8.80. The molecular formula is C22H26N2O4S2. The van der Waals surface area contributed by atoms with Crippen LogP contribution in [-0.2, 0) is 14.4 Å². The van der Waals surface area contributed by atoms with E-state index >= 15 is 0 Å². The molecule has 160 valence electrons. The van der Waals surface area contributed by atoms with Crippen molar-refractivity contribution in [2.75, 3.05) is 6.54 Å². The molecule has 0 bridgehead atoms. The molecule has 0 radical (unpaired) electrons. The molecule has 30 heavy (non-hydrogen) atoms. The Balaban J connectivity index is 1.97. The van der Waals surface area contributed by atoms with Crippen molar-refractivity contribution in [2.24, 2.45) is 5.92 Å². The standard InChI is InChI=1S/C22H26N2O4S2/c1-14(2)11-17(21(27)28)23-19(25)9-10-24-20(26)18(30-22(24)29)13-15(3)12-16-7-5-4-6-8-16/h4-8,12-14,17H,9-11H2,1-3H3,(H,23,25)(H,27,28)/b15-12+,18-13+/t17-/m0/s1. The molecule has 0 saturated carbocycles. The Bertz CT molecular complexity index is 878. The lowest BCUT2D eigenvalue weighted by atomic mass is 10.0. The Hall–Kier alpha value is -2.45. The monoisotopic (exact) mass is 446 g/mol. The fourth-order valence-electron chi connectivity index (χ4n) is 2.93. The van der Waals surface area contributed by atoms with Crippen LogP contribution in [0.1, 0.15) is 39.2 Å². The summed E-state index contributed by atoms with van der Waals surface area (Å²) in [6.07, 6.45) is 4.09. The van der Waals surface area contributed by atoms with Gasteiger partial charge in [0, 0.05) is 13.0 Å². The molecule has 1 aliphatic rings. The van der Waals surface area contributed by atoms with E-state index in [0.29, 0.717) is 15.6 Å². The van der Waals surface area contributed by atoms with Crippen molar-refractivity contribution < 1.29 is 19.5 Å². The fourth-order valence-corrected chi connectivity index (χ4v) is 4.28. The van der Waals surface area contributed by atoms with Gasteiger partial charge in [0.25, 0.3) is 5.91 Å². The van der Waals surface area contributed by atoms with Crippen molar-refractivity contribution in [3.05, 3.63) is 52.4 Å². The molecule has 2 rings (SSSR count). The highest BCUT2D eigenvalue weighted by atomic mass is 32.2. The Morgan fingerprint density at radius 1 is 1.27 bits per heavy atom. The highest BCUT2D eigenvalue weighted by Gasteiger charge is 2.32. The van der Waals surface area contributed by atoms with Gasteiger partial charge in [0.2, 0.25) is 5.91 Å². The molecule has 1 aromatic rings. The Morgan fingerprint density at radius 3 is 2.53 bits per heavy atom. The number of carbonyl (C=O) groups is 3. The molecule has 0 spiro atoms. The summed E-state index contributed by atoms with van der Waals surface area (Å²) in [5.74, 6) is -1.58. The summed E-state index contributed by atoms with van der Waals surface area (Å²) < 4.78 is 0.392. The van der Waals surface area contributed by atoms with E-state index in [1.54, 1.807) is 6.08 Å². The molecule has 0 aromatic heterocycles. The summed E-state index contributed by atoms with van der Waals surface area (Å²) in [5, 5.41) is 11.8. The summed E-state index contributed by atoms with van der Waals surface area (Å²) >= 11 is 6.50. The molecule has 2 amide bonds. The average Bonchev–Trinajstić information content (AvgIpc) is 2.92. The number of aliphatic carboxylic acids is 1. The van der Waals surface area contributed by atoms with Crippen LogP contribution in [0.5, 0.6) is 0 Å². The number of carboxylic acid groups (broad SMARTS) is 1. The van der Waals surface area contributed by atoms with Crippen molar-refractivity contribution >= 4 is 52.2 Å². The van der Waals surface area contributed by atoms with Crippen LogP contribution in [0.3, 0.4) is 0 Å². The fraction of sp³-hybridized carbons (Fsp3) is 0.364. The quantitative estimate of drug-likeness (QED) is 0.443. The van der Waals surface area contributed by atoms with Crippen LogP contribution in [0.15, 0.2) is 46.9 Å². The second kappa shape index (κ2) is 11.1. The van der Waals surface area contributed by atoms with Crippen molar-refractivity contribution in [1.82, 2.24) is 10.2 Å². The number of hydrogen-bond donors (Lipinski definition) is 2. The molecule has 1 fully saturated rings. The van der Waals surface area contributed by atoms with Crippen LogP contribution in [0, 0.1) is 5.92 Å². The zero-order valence-electron chi connectivity index (χ0n) is 17.3. The molecule has 0 aliphatic carbocycles. The molecule has 6 nitrogen and oxygen atoms in total. The number of rotatable bonds is 9. The topological polar surface area (TPSA) is 86.7 Å². The molecule has 1 heterocycles. The number of benzene rings is 1. The minimum atomic E-state index is -1.06. The predicted molar refractivity (Wildman–Crippen MR) is 124 cm³/mol. The van der Waals surface area contributed by atoms with Gasteiger partial charge in [0.1, 0.15) is 10.4 Å². The first-order valence-electron chi connectivity index (χ1n) is 9.68. The molecule has 1 aromatic carbocycles. The van der Waals surface area contributed by atoms with E-state index < -0.39 is 17.9 Å². The maximum atomic E-state index is 12.7. The van der Waals surface area contributed by atoms with Crippen molar-refractivity contribution in [1.29, 1.82) is 0 Å². The van der Waals surface area contributed by atoms with E-state index in [1.165, 1.54) is 16.7 Å². The van der Waals surface area contributed by atoms with E-state index in [4.69, 9.17) is 12.2 Å².